The molecule has 1 saturated heterocycles. The van der Waals surface area contributed by atoms with Crippen molar-refractivity contribution in [3.8, 4) is 0 Å². The first-order valence-electron chi connectivity index (χ1n) is 5.70. The Morgan fingerprint density at radius 3 is 3.19 bits per heavy atom. The van der Waals surface area contributed by atoms with E-state index in [0.717, 1.165) is 37.3 Å². The van der Waals surface area contributed by atoms with Gasteiger partial charge in [-0.3, -0.25) is 9.78 Å². The van der Waals surface area contributed by atoms with Gasteiger partial charge in [0.2, 0.25) is 5.91 Å². The molecule has 3 heterocycles. The fourth-order valence-electron chi connectivity index (χ4n) is 2.86. The minimum Gasteiger partial charge on any atom is -0.315 e. The van der Waals surface area contributed by atoms with Crippen molar-refractivity contribution in [3.63, 3.8) is 0 Å². The van der Waals surface area contributed by atoms with Crippen LogP contribution in [0.1, 0.15) is 18.5 Å². The molecule has 3 rings (SSSR count). The molecule has 2 aliphatic heterocycles. The number of fused-ring (bicyclic) bond motifs is 2. The lowest BCUT2D eigenvalue weighted by molar-refractivity contribution is -0.123. The molecule has 1 spiro atoms. The number of nitrogens with zero attached hydrogens (tertiary/aromatic N) is 2. The standard InChI is InChI=1S/C12H15N3O/c1-15-9-4-2-7-14-10(9)12(11(15)16)5-3-6-13-8-12/h2,4,7,13H,3,5-6,8H2,1H3/t12-/m1/s1. The van der Waals surface area contributed by atoms with Crippen LogP contribution in [0.4, 0.5) is 5.69 Å². The van der Waals surface area contributed by atoms with Crippen LogP contribution in [0.2, 0.25) is 0 Å². The molecule has 0 bridgehead atoms. The third-order valence-electron chi connectivity index (χ3n) is 3.70. The number of hydrogen-bond donors (Lipinski definition) is 1. The minimum absolute atomic E-state index is 0.188. The molecule has 1 amide bonds. The Morgan fingerprint density at radius 1 is 1.56 bits per heavy atom. The lowest BCUT2D eigenvalue weighted by Gasteiger charge is -2.31. The van der Waals surface area contributed by atoms with Gasteiger partial charge in [0.05, 0.1) is 11.4 Å². The number of pyridine rings is 1. The number of likely N-dealkylation sites (N-methyl/N-ethyl adjacent to an activating group) is 1. The molecule has 0 saturated carbocycles. The van der Waals surface area contributed by atoms with Crippen LogP contribution < -0.4 is 10.2 Å². The van der Waals surface area contributed by atoms with Gasteiger partial charge in [0.15, 0.2) is 0 Å². The van der Waals surface area contributed by atoms with Gasteiger partial charge in [-0.1, -0.05) is 0 Å². The molecule has 4 heteroatoms. The van der Waals surface area contributed by atoms with Crippen LogP contribution in [0.15, 0.2) is 18.3 Å². The number of carbonyl (C=O) groups excluding carboxylic acids is 1. The quantitative estimate of drug-likeness (QED) is 0.695. The molecule has 16 heavy (non-hydrogen) atoms. The highest BCUT2D eigenvalue weighted by Crippen LogP contribution is 2.43. The largest absolute Gasteiger partial charge is 0.315 e. The van der Waals surface area contributed by atoms with Gasteiger partial charge >= 0.3 is 0 Å². The Bertz CT molecular complexity index is 438. The molecular formula is C12H15N3O. The number of piperidine rings is 1. The first-order valence-corrected chi connectivity index (χ1v) is 5.70. The predicted molar refractivity (Wildman–Crippen MR) is 61.4 cm³/mol. The van der Waals surface area contributed by atoms with Crippen molar-refractivity contribution in [2.24, 2.45) is 0 Å². The maximum absolute atomic E-state index is 12.4. The van der Waals surface area contributed by atoms with Crippen LogP contribution in [0, 0.1) is 0 Å². The van der Waals surface area contributed by atoms with Crippen molar-refractivity contribution in [2.75, 3.05) is 25.0 Å². The molecule has 4 nitrogen and oxygen atoms in total. The smallest absolute Gasteiger partial charge is 0.240 e. The van der Waals surface area contributed by atoms with Crippen LogP contribution in [-0.2, 0) is 10.2 Å². The van der Waals surface area contributed by atoms with Crippen molar-refractivity contribution in [1.29, 1.82) is 0 Å². The summed E-state index contributed by atoms with van der Waals surface area (Å²) in [5.41, 5.74) is 1.52. The topological polar surface area (TPSA) is 45.2 Å². The van der Waals surface area contributed by atoms with Gasteiger partial charge in [-0.05, 0) is 31.5 Å². The first-order chi connectivity index (χ1) is 7.76. The fourth-order valence-corrected chi connectivity index (χ4v) is 2.86. The molecule has 0 aromatic carbocycles. The van der Waals surface area contributed by atoms with Crippen molar-refractivity contribution in [3.05, 3.63) is 24.0 Å². The zero-order valence-electron chi connectivity index (χ0n) is 9.36. The predicted octanol–water partition coefficient (Wildman–Crippen LogP) is 0.679. The summed E-state index contributed by atoms with van der Waals surface area (Å²) in [7, 11) is 1.84. The number of nitrogens with one attached hydrogen (secondary N) is 1. The van der Waals surface area contributed by atoms with Gasteiger partial charge < -0.3 is 10.2 Å². The summed E-state index contributed by atoms with van der Waals surface area (Å²) in [5.74, 6) is 0.188. The van der Waals surface area contributed by atoms with E-state index in [0.29, 0.717) is 0 Å². The fraction of sp³-hybridized carbons (Fsp3) is 0.500. The van der Waals surface area contributed by atoms with Crippen LogP contribution in [0.3, 0.4) is 0 Å². The summed E-state index contributed by atoms with van der Waals surface area (Å²) in [6.07, 6.45) is 3.73. The van der Waals surface area contributed by atoms with E-state index >= 15 is 0 Å². The summed E-state index contributed by atoms with van der Waals surface area (Å²) in [6, 6.07) is 3.86. The highest BCUT2D eigenvalue weighted by Gasteiger charge is 2.51. The van der Waals surface area contributed by atoms with E-state index in [4.69, 9.17) is 0 Å². The zero-order chi connectivity index (χ0) is 11.2. The maximum Gasteiger partial charge on any atom is 0.240 e. The minimum atomic E-state index is -0.399. The Balaban J connectivity index is 2.16. The third kappa shape index (κ3) is 1.08. The van der Waals surface area contributed by atoms with Gasteiger partial charge in [0.1, 0.15) is 5.41 Å². The number of amides is 1. The molecule has 1 atom stereocenters. The van der Waals surface area contributed by atoms with E-state index in [1.54, 1.807) is 11.1 Å². The van der Waals surface area contributed by atoms with Crippen molar-refractivity contribution in [2.45, 2.75) is 18.3 Å². The van der Waals surface area contributed by atoms with Crippen LogP contribution >= 0.6 is 0 Å². The molecular weight excluding hydrogens is 202 g/mol. The number of aromatic nitrogens is 1. The third-order valence-corrected chi connectivity index (χ3v) is 3.70. The molecule has 1 aromatic heterocycles. The van der Waals surface area contributed by atoms with Crippen LogP contribution in [0.5, 0.6) is 0 Å². The lowest BCUT2D eigenvalue weighted by Crippen LogP contribution is -2.50. The Kier molecular flexibility index (Phi) is 2.01. The summed E-state index contributed by atoms with van der Waals surface area (Å²) >= 11 is 0. The normalized spacial score (nSPS) is 28.6. The summed E-state index contributed by atoms with van der Waals surface area (Å²) in [6.45, 7) is 1.72. The van der Waals surface area contributed by atoms with E-state index in [9.17, 15) is 4.79 Å². The average Bonchev–Trinajstić information content (AvgIpc) is 2.55. The van der Waals surface area contributed by atoms with Gasteiger partial charge in [-0.25, -0.2) is 0 Å². The van der Waals surface area contributed by atoms with Crippen LogP contribution in [-0.4, -0.2) is 31.0 Å². The van der Waals surface area contributed by atoms with E-state index in [2.05, 4.69) is 10.3 Å². The Morgan fingerprint density at radius 2 is 2.44 bits per heavy atom. The van der Waals surface area contributed by atoms with Gasteiger partial charge in [-0.15, -0.1) is 0 Å². The number of hydrogen-bond acceptors (Lipinski definition) is 3. The van der Waals surface area contributed by atoms with Gasteiger partial charge in [-0.2, -0.15) is 0 Å². The molecule has 1 aromatic rings. The molecule has 2 aliphatic rings. The molecule has 84 valence electrons. The Hall–Kier alpha value is -1.42. The lowest BCUT2D eigenvalue weighted by atomic mass is 9.78. The molecule has 0 radical (unpaired) electrons. The summed E-state index contributed by atoms with van der Waals surface area (Å²) in [5, 5.41) is 3.32. The maximum atomic E-state index is 12.4. The van der Waals surface area contributed by atoms with E-state index in [-0.39, 0.29) is 5.91 Å². The van der Waals surface area contributed by atoms with Crippen LogP contribution in [0.25, 0.3) is 0 Å². The van der Waals surface area contributed by atoms with Crippen molar-refractivity contribution >= 4 is 11.6 Å². The second-order valence-corrected chi connectivity index (χ2v) is 4.60. The highest BCUT2D eigenvalue weighted by molar-refractivity contribution is 6.07. The summed E-state index contributed by atoms with van der Waals surface area (Å²) in [4.78, 5) is 18.6. The molecule has 1 N–H and O–H groups in total. The number of carbonyl (C=O) groups is 1. The second-order valence-electron chi connectivity index (χ2n) is 4.60. The van der Waals surface area contributed by atoms with Gasteiger partial charge in [0.25, 0.3) is 0 Å². The molecule has 1 fully saturated rings. The SMILES string of the molecule is CN1C(=O)[C@@]2(CCCNC2)c2ncccc21. The number of anilines is 1. The van der Waals surface area contributed by atoms with E-state index in [1.807, 2.05) is 19.2 Å². The zero-order valence-corrected chi connectivity index (χ0v) is 9.36. The highest BCUT2D eigenvalue weighted by atomic mass is 16.2. The van der Waals surface area contributed by atoms with Gasteiger partial charge in [0, 0.05) is 19.8 Å². The monoisotopic (exact) mass is 217 g/mol. The molecule has 0 aliphatic carbocycles. The van der Waals surface area contributed by atoms with E-state index < -0.39 is 5.41 Å². The second kappa shape index (κ2) is 3.28. The number of rotatable bonds is 0. The Labute approximate surface area is 94.7 Å². The average molecular weight is 217 g/mol. The summed E-state index contributed by atoms with van der Waals surface area (Å²) < 4.78 is 0. The molecule has 0 unspecified atom stereocenters. The van der Waals surface area contributed by atoms with Crippen molar-refractivity contribution < 1.29 is 4.79 Å². The van der Waals surface area contributed by atoms with Crippen molar-refractivity contribution in [1.82, 2.24) is 10.3 Å². The first kappa shape index (κ1) is 9.78. The van der Waals surface area contributed by atoms with E-state index in [1.165, 1.54) is 0 Å².